The summed E-state index contributed by atoms with van der Waals surface area (Å²) in [4.78, 5) is 11.7. The molecule has 0 heterocycles. The Kier molecular flexibility index (Phi) is 7.28. The molecular formula is C14H27NO3. The van der Waals surface area contributed by atoms with Gasteiger partial charge in [0.15, 0.2) is 0 Å². The Hall–Kier alpha value is -0.610. The number of aliphatic hydroxyl groups is 1. The Labute approximate surface area is 110 Å². The monoisotopic (exact) mass is 257 g/mol. The molecule has 4 nitrogen and oxygen atoms in total. The zero-order valence-electron chi connectivity index (χ0n) is 11.7. The largest absolute Gasteiger partial charge is 0.396 e. The van der Waals surface area contributed by atoms with Gasteiger partial charge in [-0.3, -0.25) is 4.79 Å². The summed E-state index contributed by atoms with van der Waals surface area (Å²) in [6.45, 7) is 4.50. The molecule has 2 N–H and O–H groups in total. The fourth-order valence-corrected chi connectivity index (χ4v) is 2.50. The van der Waals surface area contributed by atoms with Gasteiger partial charge in [0.05, 0.1) is 6.10 Å². The van der Waals surface area contributed by atoms with Crippen LogP contribution in [0.2, 0.25) is 0 Å². The van der Waals surface area contributed by atoms with Crippen molar-refractivity contribution in [2.24, 2.45) is 5.92 Å². The lowest BCUT2D eigenvalue weighted by atomic mass is 9.88. The van der Waals surface area contributed by atoms with Crippen LogP contribution in [0.15, 0.2) is 0 Å². The van der Waals surface area contributed by atoms with Gasteiger partial charge in [0.1, 0.15) is 6.61 Å². The Morgan fingerprint density at radius 3 is 2.83 bits per heavy atom. The van der Waals surface area contributed by atoms with Crippen LogP contribution in [0.25, 0.3) is 0 Å². The molecule has 0 aromatic rings. The van der Waals surface area contributed by atoms with Gasteiger partial charge in [-0.1, -0.05) is 19.8 Å². The molecule has 1 amide bonds. The van der Waals surface area contributed by atoms with Gasteiger partial charge in [0, 0.05) is 12.6 Å². The van der Waals surface area contributed by atoms with Crippen molar-refractivity contribution >= 4 is 5.91 Å². The quantitative estimate of drug-likeness (QED) is 0.732. The van der Waals surface area contributed by atoms with Crippen LogP contribution in [0.1, 0.15) is 52.4 Å². The molecule has 1 rings (SSSR count). The first-order valence-corrected chi connectivity index (χ1v) is 7.15. The van der Waals surface area contributed by atoms with Gasteiger partial charge in [-0.05, 0) is 38.5 Å². The summed E-state index contributed by atoms with van der Waals surface area (Å²) in [6, 6.07) is 0.108. The van der Waals surface area contributed by atoms with E-state index in [1.165, 1.54) is 19.3 Å². The van der Waals surface area contributed by atoms with Crippen molar-refractivity contribution in [1.29, 1.82) is 0 Å². The van der Waals surface area contributed by atoms with E-state index >= 15 is 0 Å². The Morgan fingerprint density at radius 1 is 1.44 bits per heavy atom. The van der Waals surface area contributed by atoms with Gasteiger partial charge in [0.2, 0.25) is 5.91 Å². The van der Waals surface area contributed by atoms with E-state index in [9.17, 15) is 4.79 Å². The van der Waals surface area contributed by atoms with E-state index in [1.54, 1.807) is 0 Å². The predicted octanol–water partition coefficient (Wildman–Crippen LogP) is 1.86. The fourth-order valence-electron chi connectivity index (χ4n) is 2.50. The number of aliphatic hydroxyl groups excluding tert-OH is 1. The van der Waals surface area contributed by atoms with Gasteiger partial charge < -0.3 is 15.2 Å². The highest BCUT2D eigenvalue weighted by atomic mass is 16.5. The first kappa shape index (κ1) is 15.4. The molecule has 0 spiro atoms. The molecule has 1 fully saturated rings. The third-order valence-corrected chi connectivity index (χ3v) is 3.66. The van der Waals surface area contributed by atoms with E-state index in [0.29, 0.717) is 5.92 Å². The van der Waals surface area contributed by atoms with E-state index in [2.05, 4.69) is 12.2 Å². The molecule has 3 atom stereocenters. The van der Waals surface area contributed by atoms with E-state index in [4.69, 9.17) is 9.84 Å². The zero-order chi connectivity index (χ0) is 13.4. The standard InChI is InChI=1S/C14H27NO3/c1-11-6-3-4-8-13(11)18-10-14(17)15-12(2)7-5-9-16/h11-13,16H,3-10H2,1-2H3,(H,15,17). The maximum atomic E-state index is 11.7. The Balaban J connectivity index is 2.15. The minimum atomic E-state index is -0.0433. The summed E-state index contributed by atoms with van der Waals surface area (Å²) in [5.41, 5.74) is 0. The lowest BCUT2D eigenvalue weighted by molar-refractivity contribution is -0.130. The van der Waals surface area contributed by atoms with E-state index < -0.39 is 0 Å². The number of nitrogens with one attached hydrogen (secondary N) is 1. The number of carbonyl (C=O) groups excluding carboxylic acids is 1. The number of rotatable bonds is 7. The molecule has 0 radical (unpaired) electrons. The number of hydrogen-bond acceptors (Lipinski definition) is 3. The van der Waals surface area contributed by atoms with Crippen LogP contribution >= 0.6 is 0 Å². The van der Waals surface area contributed by atoms with Crippen molar-refractivity contribution in [3.8, 4) is 0 Å². The third-order valence-electron chi connectivity index (χ3n) is 3.66. The average Bonchev–Trinajstić information content (AvgIpc) is 2.35. The second-order valence-corrected chi connectivity index (χ2v) is 5.45. The molecule has 18 heavy (non-hydrogen) atoms. The van der Waals surface area contributed by atoms with Crippen LogP contribution < -0.4 is 5.32 Å². The molecule has 3 unspecified atom stereocenters. The molecule has 1 saturated carbocycles. The lowest BCUT2D eigenvalue weighted by Crippen LogP contribution is -2.37. The van der Waals surface area contributed by atoms with E-state index in [1.807, 2.05) is 6.92 Å². The minimum Gasteiger partial charge on any atom is -0.396 e. The Morgan fingerprint density at radius 2 is 2.17 bits per heavy atom. The highest BCUT2D eigenvalue weighted by molar-refractivity contribution is 5.77. The summed E-state index contributed by atoms with van der Waals surface area (Å²) in [5.74, 6) is 0.525. The van der Waals surface area contributed by atoms with Crippen LogP contribution in [0, 0.1) is 5.92 Å². The lowest BCUT2D eigenvalue weighted by Gasteiger charge is -2.28. The molecule has 0 aromatic carbocycles. The van der Waals surface area contributed by atoms with Crippen LogP contribution in [-0.2, 0) is 9.53 Å². The highest BCUT2D eigenvalue weighted by Crippen LogP contribution is 2.26. The van der Waals surface area contributed by atoms with Crippen LogP contribution in [0.5, 0.6) is 0 Å². The van der Waals surface area contributed by atoms with Gasteiger partial charge in [-0.2, -0.15) is 0 Å². The number of carbonyl (C=O) groups is 1. The first-order chi connectivity index (χ1) is 8.63. The van der Waals surface area contributed by atoms with Gasteiger partial charge in [-0.25, -0.2) is 0 Å². The van der Waals surface area contributed by atoms with Gasteiger partial charge >= 0.3 is 0 Å². The molecule has 1 aliphatic rings. The number of amides is 1. The van der Waals surface area contributed by atoms with Crippen LogP contribution in [0.4, 0.5) is 0 Å². The van der Waals surface area contributed by atoms with Crippen molar-refractivity contribution in [3.63, 3.8) is 0 Å². The zero-order valence-corrected chi connectivity index (χ0v) is 11.7. The molecule has 1 aliphatic carbocycles. The normalized spacial score (nSPS) is 25.7. The third kappa shape index (κ3) is 5.83. The fraction of sp³-hybridized carbons (Fsp3) is 0.929. The highest BCUT2D eigenvalue weighted by Gasteiger charge is 2.22. The molecule has 0 saturated heterocycles. The number of ether oxygens (including phenoxy) is 1. The van der Waals surface area contributed by atoms with Crippen molar-refractivity contribution in [3.05, 3.63) is 0 Å². The Bertz CT molecular complexity index is 245. The second kappa shape index (κ2) is 8.48. The molecule has 0 bridgehead atoms. The van der Waals surface area contributed by atoms with Crippen LogP contribution in [0.3, 0.4) is 0 Å². The molecular weight excluding hydrogens is 230 g/mol. The van der Waals surface area contributed by atoms with Crippen molar-refractivity contribution in [1.82, 2.24) is 5.32 Å². The summed E-state index contributed by atoms with van der Waals surface area (Å²) >= 11 is 0. The van der Waals surface area contributed by atoms with Gasteiger partial charge in [-0.15, -0.1) is 0 Å². The van der Waals surface area contributed by atoms with Crippen molar-refractivity contribution in [2.75, 3.05) is 13.2 Å². The molecule has 0 aromatic heterocycles. The summed E-state index contributed by atoms with van der Waals surface area (Å²) in [7, 11) is 0. The van der Waals surface area contributed by atoms with Crippen molar-refractivity contribution in [2.45, 2.75) is 64.5 Å². The minimum absolute atomic E-state index is 0.0433. The number of hydrogen-bond donors (Lipinski definition) is 2. The van der Waals surface area contributed by atoms with Crippen molar-refractivity contribution < 1.29 is 14.6 Å². The maximum absolute atomic E-state index is 11.7. The molecule has 106 valence electrons. The summed E-state index contributed by atoms with van der Waals surface area (Å²) < 4.78 is 5.70. The van der Waals surface area contributed by atoms with E-state index in [-0.39, 0.29) is 31.3 Å². The topological polar surface area (TPSA) is 58.6 Å². The molecule has 4 heteroatoms. The van der Waals surface area contributed by atoms with Crippen LogP contribution in [-0.4, -0.2) is 36.4 Å². The first-order valence-electron chi connectivity index (χ1n) is 7.15. The van der Waals surface area contributed by atoms with E-state index in [0.717, 1.165) is 19.3 Å². The molecule has 0 aliphatic heterocycles. The SMILES string of the molecule is CC(CCCO)NC(=O)COC1CCCCC1C. The predicted molar refractivity (Wildman–Crippen MR) is 71.3 cm³/mol. The second-order valence-electron chi connectivity index (χ2n) is 5.45. The van der Waals surface area contributed by atoms with Gasteiger partial charge in [0.25, 0.3) is 0 Å². The summed E-state index contributed by atoms with van der Waals surface area (Å²) in [5, 5.41) is 11.6. The maximum Gasteiger partial charge on any atom is 0.246 e. The average molecular weight is 257 g/mol. The summed E-state index contributed by atoms with van der Waals surface area (Å²) in [6.07, 6.45) is 6.56. The smallest absolute Gasteiger partial charge is 0.246 e.